The summed E-state index contributed by atoms with van der Waals surface area (Å²) in [6.45, 7) is 5.22. The predicted molar refractivity (Wildman–Crippen MR) is 79.3 cm³/mol. The molecule has 0 bridgehead atoms. The van der Waals surface area contributed by atoms with Crippen LogP contribution >= 0.6 is 0 Å². The molecule has 1 heterocycles. The first-order valence-electron chi connectivity index (χ1n) is 6.97. The summed E-state index contributed by atoms with van der Waals surface area (Å²) in [5.41, 5.74) is 6.73. The largest absolute Gasteiger partial charge is 0.397 e. The summed E-state index contributed by atoms with van der Waals surface area (Å²) < 4.78 is 1.68. The fourth-order valence-corrected chi connectivity index (χ4v) is 1.98. The minimum atomic E-state index is -0.169. The van der Waals surface area contributed by atoms with Gasteiger partial charge in [0.2, 0.25) is 5.91 Å². The molecule has 3 N–H and O–H groups in total. The number of nitrogens with two attached hydrogens (primary N) is 1. The van der Waals surface area contributed by atoms with Gasteiger partial charge in [-0.15, -0.1) is 0 Å². The van der Waals surface area contributed by atoms with Crippen LogP contribution in [-0.2, 0) is 11.8 Å². The van der Waals surface area contributed by atoms with Crippen molar-refractivity contribution in [3.8, 4) is 0 Å². The van der Waals surface area contributed by atoms with Crippen molar-refractivity contribution >= 4 is 17.5 Å². The van der Waals surface area contributed by atoms with E-state index in [1.165, 1.54) is 0 Å². The second-order valence-electron chi connectivity index (χ2n) is 4.85. The summed E-state index contributed by atoms with van der Waals surface area (Å²) in [5.74, 6) is -0.298. The lowest BCUT2D eigenvalue weighted by atomic mass is 10.3. The normalized spacial score (nSPS) is 10.3. The van der Waals surface area contributed by atoms with Gasteiger partial charge in [0.25, 0.3) is 5.91 Å². The highest BCUT2D eigenvalue weighted by Gasteiger charge is 2.20. The van der Waals surface area contributed by atoms with Gasteiger partial charge in [-0.25, -0.2) is 0 Å². The van der Waals surface area contributed by atoms with Crippen molar-refractivity contribution < 1.29 is 9.59 Å². The number of amides is 2. The van der Waals surface area contributed by atoms with Crippen LogP contribution in [0.25, 0.3) is 0 Å². The van der Waals surface area contributed by atoms with Gasteiger partial charge in [-0.2, -0.15) is 0 Å². The summed E-state index contributed by atoms with van der Waals surface area (Å²) in [5, 5.41) is 2.78. The van der Waals surface area contributed by atoms with E-state index in [1.54, 1.807) is 28.8 Å². The zero-order valence-corrected chi connectivity index (χ0v) is 12.5. The number of anilines is 1. The summed E-state index contributed by atoms with van der Waals surface area (Å²) in [6.07, 6.45) is 3.36. The van der Waals surface area contributed by atoms with Crippen LogP contribution in [0.15, 0.2) is 12.3 Å². The van der Waals surface area contributed by atoms with Gasteiger partial charge in [0.05, 0.1) is 12.2 Å². The number of hydrogen-bond acceptors (Lipinski definition) is 3. The molecule has 2 amide bonds. The highest BCUT2D eigenvalue weighted by Crippen LogP contribution is 2.11. The molecule has 0 aliphatic rings. The molecule has 1 aromatic heterocycles. The van der Waals surface area contributed by atoms with Crippen LogP contribution in [0.1, 0.15) is 37.2 Å². The van der Waals surface area contributed by atoms with Crippen molar-refractivity contribution in [2.75, 3.05) is 25.4 Å². The molecule has 6 nitrogen and oxygen atoms in total. The zero-order chi connectivity index (χ0) is 15.1. The first-order chi connectivity index (χ1) is 9.49. The number of hydrogen-bond donors (Lipinski definition) is 2. The van der Waals surface area contributed by atoms with Gasteiger partial charge in [0.1, 0.15) is 5.69 Å². The fraction of sp³-hybridized carbons (Fsp3) is 0.571. The van der Waals surface area contributed by atoms with Crippen LogP contribution in [0.4, 0.5) is 5.69 Å². The van der Waals surface area contributed by atoms with E-state index in [0.717, 1.165) is 12.8 Å². The molecule has 0 aliphatic carbocycles. The van der Waals surface area contributed by atoms with E-state index in [-0.39, 0.29) is 18.4 Å². The third-order valence-electron chi connectivity index (χ3n) is 2.93. The molecule has 6 heteroatoms. The first-order valence-corrected chi connectivity index (χ1v) is 6.97. The smallest absolute Gasteiger partial charge is 0.271 e. The number of nitrogens with one attached hydrogen (secondary N) is 1. The molecule has 0 spiro atoms. The molecule has 0 fully saturated rings. The van der Waals surface area contributed by atoms with Crippen LogP contribution in [0.5, 0.6) is 0 Å². The summed E-state index contributed by atoms with van der Waals surface area (Å²) in [7, 11) is 1.77. The van der Waals surface area contributed by atoms with Crippen molar-refractivity contribution in [3.63, 3.8) is 0 Å². The van der Waals surface area contributed by atoms with Crippen LogP contribution in [0.3, 0.4) is 0 Å². The molecular formula is C14H24N4O2. The molecule has 0 radical (unpaired) electrons. The number of carbonyl (C=O) groups is 2. The molecule has 0 saturated heterocycles. The maximum absolute atomic E-state index is 12.4. The minimum Gasteiger partial charge on any atom is -0.397 e. The van der Waals surface area contributed by atoms with Crippen LogP contribution in [-0.4, -0.2) is 40.9 Å². The van der Waals surface area contributed by atoms with E-state index < -0.39 is 0 Å². The molecule has 0 saturated carbocycles. The monoisotopic (exact) mass is 280 g/mol. The molecule has 0 unspecified atom stereocenters. The van der Waals surface area contributed by atoms with Gasteiger partial charge >= 0.3 is 0 Å². The maximum atomic E-state index is 12.4. The SMILES string of the molecule is CCCNC(=O)CN(CCC)C(=O)c1cc(N)cn1C. The lowest BCUT2D eigenvalue weighted by Gasteiger charge is -2.21. The molecule has 0 aliphatic heterocycles. The van der Waals surface area contributed by atoms with Crippen LogP contribution in [0, 0.1) is 0 Å². The minimum absolute atomic E-state index is 0.0811. The zero-order valence-electron chi connectivity index (χ0n) is 12.5. The first kappa shape index (κ1) is 16.1. The standard InChI is InChI=1S/C14H24N4O2/c1-4-6-16-13(19)10-18(7-5-2)14(20)12-8-11(15)9-17(12)3/h8-9H,4-7,10,15H2,1-3H3,(H,16,19). The number of aromatic nitrogens is 1. The van der Waals surface area contributed by atoms with Gasteiger partial charge in [0, 0.05) is 26.3 Å². The Morgan fingerprint density at radius 2 is 2.05 bits per heavy atom. The lowest BCUT2D eigenvalue weighted by molar-refractivity contribution is -0.121. The molecular weight excluding hydrogens is 256 g/mol. The molecule has 1 rings (SSSR count). The Hall–Kier alpha value is -1.98. The van der Waals surface area contributed by atoms with E-state index in [0.29, 0.717) is 24.5 Å². The Labute approximate surface area is 119 Å². The molecule has 0 atom stereocenters. The number of nitrogens with zero attached hydrogens (tertiary/aromatic N) is 2. The van der Waals surface area contributed by atoms with E-state index >= 15 is 0 Å². The molecule has 0 aromatic carbocycles. The van der Waals surface area contributed by atoms with Gasteiger partial charge in [-0.05, 0) is 18.9 Å². The Kier molecular flexibility index (Phi) is 6.09. The second-order valence-corrected chi connectivity index (χ2v) is 4.85. The van der Waals surface area contributed by atoms with Crippen molar-refractivity contribution in [3.05, 3.63) is 18.0 Å². The summed E-state index contributed by atoms with van der Waals surface area (Å²) >= 11 is 0. The van der Waals surface area contributed by atoms with E-state index in [2.05, 4.69) is 5.32 Å². The molecule has 112 valence electrons. The Bertz CT molecular complexity index is 468. The van der Waals surface area contributed by atoms with Crippen molar-refractivity contribution in [1.82, 2.24) is 14.8 Å². The average Bonchev–Trinajstić information content (AvgIpc) is 2.74. The average molecular weight is 280 g/mol. The van der Waals surface area contributed by atoms with Gasteiger partial charge < -0.3 is 20.5 Å². The Morgan fingerprint density at radius 1 is 1.35 bits per heavy atom. The number of carbonyl (C=O) groups excluding carboxylic acids is 2. The highest BCUT2D eigenvalue weighted by atomic mass is 16.2. The quantitative estimate of drug-likeness (QED) is 0.781. The number of nitrogen functional groups attached to an aromatic ring is 1. The fourth-order valence-electron chi connectivity index (χ4n) is 1.98. The number of aryl methyl sites for hydroxylation is 1. The van der Waals surface area contributed by atoms with E-state index in [1.807, 2.05) is 13.8 Å². The van der Waals surface area contributed by atoms with Gasteiger partial charge in [0.15, 0.2) is 0 Å². The Balaban J connectivity index is 2.77. The second kappa shape index (κ2) is 7.57. The Morgan fingerprint density at radius 3 is 2.55 bits per heavy atom. The third kappa shape index (κ3) is 4.29. The summed E-state index contributed by atoms with van der Waals surface area (Å²) in [4.78, 5) is 25.8. The van der Waals surface area contributed by atoms with E-state index in [9.17, 15) is 9.59 Å². The third-order valence-corrected chi connectivity index (χ3v) is 2.93. The maximum Gasteiger partial charge on any atom is 0.271 e. The van der Waals surface area contributed by atoms with Crippen molar-refractivity contribution in [2.45, 2.75) is 26.7 Å². The van der Waals surface area contributed by atoms with Gasteiger partial charge in [-0.1, -0.05) is 13.8 Å². The predicted octanol–water partition coefficient (Wildman–Crippen LogP) is 0.986. The number of rotatable bonds is 7. The summed E-state index contributed by atoms with van der Waals surface area (Å²) in [6, 6.07) is 1.63. The van der Waals surface area contributed by atoms with Crippen LogP contribution in [0.2, 0.25) is 0 Å². The van der Waals surface area contributed by atoms with E-state index in [4.69, 9.17) is 5.73 Å². The van der Waals surface area contributed by atoms with Crippen LogP contribution < -0.4 is 11.1 Å². The van der Waals surface area contributed by atoms with Gasteiger partial charge in [-0.3, -0.25) is 9.59 Å². The lowest BCUT2D eigenvalue weighted by Crippen LogP contribution is -2.41. The van der Waals surface area contributed by atoms with Crippen molar-refractivity contribution in [1.29, 1.82) is 0 Å². The molecule has 1 aromatic rings. The van der Waals surface area contributed by atoms with Crippen molar-refractivity contribution in [2.24, 2.45) is 7.05 Å². The molecule has 20 heavy (non-hydrogen) atoms. The topological polar surface area (TPSA) is 80.4 Å². The highest BCUT2D eigenvalue weighted by molar-refractivity contribution is 5.96.